The Kier molecular flexibility index (Phi) is 1.79. The second kappa shape index (κ2) is 2.86. The average molecular weight is 228 g/mol. The third-order valence-corrected chi connectivity index (χ3v) is 8.47. The van der Waals surface area contributed by atoms with E-state index in [9.17, 15) is 0 Å². The van der Waals surface area contributed by atoms with Gasteiger partial charge in [0.05, 0.1) is 16.3 Å². The lowest BCUT2D eigenvalue weighted by molar-refractivity contribution is -0.156. The maximum Gasteiger partial charge on any atom is 0.0671 e. The summed E-state index contributed by atoms with van der Waals surface area (Å²) in [7, 11) is 0. The van der Waals surface area contributed by atoms with E-state index < -0.39 is 0 Å². The predicted molar refractivity (Wildman–Crippen MR) is 61.8 cm³/mol. The molecule has 4 bridgehead atoms. The molecule has 2 aliphatic carbocycles. The molecule has 14 heavy (non-hydrogen) atoms. The van der Waals surface area contributed by atoms with E-state index in [2.05, 4.69) is 23.5 Å². The highest BCUT2D eigenvalue weighted by molar-refractivity contribution is 8.21. The summed E-state index contributed by atoms with van der Waals surface area (Å²) < 4.78 is 6.66. The fourth-order valence-electron chi connectivity index (χ4n) is 4.05. The van der Waals surface area contributed by atoms with Gasteiger partial charge in [-0.05, 0) is 37.5 Å². The Morgan fingerprint density at radius 2 is 1.36 bits per heavy atom. The molecule has 3 aliphatic heterocycles. The molecule has 5 fully saturated rings. The van der Waals surface area contributed by atoms with Gasteiger partial charge in [-0.3, -0.25) is 0 Å². The van der Waals surface area contributed by atoms with E-state index in [0.29, 0.717) is 16.3 Å². The van der Waals surface area contributed by atoms with Crippen molar-refractivity contribution in [1.29, 1.82) is 0 Å². The van der Waals surface area contributed by atoms with E-state index in [0.717, 1.165) is 11.8 Å². The molecular weight excluding hydrogens is 212 g/mol. The molecule has 0 unspecified atom stereocenters. The van der Waals surface area contributed by atoms with Gasteiger partial charge in [0.1, 0.15) is 0 Å². The predicted octanol–water partition coefficient (Wildman–Crippen LogP) is 2.75. The van der Waals surface area contributed by atoms with Gasteiger partial charge in [0.2, 0.25) is 0 Å². The Morgan fingerprint density at radius 3 is 1.86 bits per heavy atom. The lowest BCUT2D eigenvalue weighted by atomic mass is 9.66. The summed E-state index contributed by atoms with van der Waals surface area (Å²) in [5.41, 5.74) is 0. The van der Waals surface area contributed by atoms with Crippen molar-refractivity contribution < 1.29 is 4.74 Å². The molecule has 3 heterocycles. The van der Waals surface area contributed by atoms with Crippen molar-refractivity contribution in [3.63, 3.8) is 0 Å². The van der Waals surface area contributed by atoms with E-state index in [4.69, 9.17) is 4.74 Å². The molecule has 5 rings (SSSR count). The first-order valence-corrected chi connectivity index (χ1v) is 7.77. The van der Waals surface area contributed by atoms with Crippen molar-refractivity contribution in [2.75, 3.05) is 11.5 Å². The van der Waals surface area contributed by atoms with E-state index in [1.165, 1.54) is 37.2 Å². The van der Waals surface area contributed by atoms with Crippen LogP contribution >= 0.6 is 23.5 Å². The summed E-state index contributed by atoms with van der Waals surface area (Å²) in [6.45, 7) is 0. The Balaban J connectivity index is 1.73. The Labute approximate surface area is 93.7 Å². The van der Waals surface area contributed by atoms with Gasteiger partial charge in [0.25, 0.3) is 0 Å². The van der Waals surface area contributed by atoms with E-state index in [1.54, 1.807) is 0 Å². The smallest absolute Gasteiger partial charge is 0.0671 e. The zero-order valence-corrected chi connectivity index (χ0v) is 9.91. The van der Waals surface area contributed by atoms with Crippen LogP contribution in [0.5, 0.6) is 0 Å². The first-order chi connectivity index (χ1) is 6.87. The Hall–Kier alpha value is 0.660. The standard InChI is InChI=1S/C11H16OS2/c1-2-14-11(13-1)7-3-9-5-8(11)6-10(4-7)12-9/h7-10H,1-6H2. The highest BCUT2D eigenvalue weighted by Gasteiger charge is 2.59. The Bertz CT molecular complexity index is 230. The first-order valence-electron chi connectivity index (χ1n) is 5.80. The van der Waals surface area contributed by atoms with Gasteiger partial charge in [-0.1, -0.05) is 0 Å². The van der Waals surface area contributed by atoms with Crippen molar-refractivity contribution in [2.45, 2.75) is 42.0 Å². The lowest BCUT2D eigenvalue weighted by Crippen LogP contribution is -2.57. The van der Waals surface area contributed by atoms with Crippen LogP contribution in [0.1, 0.15) is 25.7 Å². The molecule has 0 radical (unpaired) electrons. The highest BCUT2D eigenvalue weighted by Crippen LogP contribution is 2.65. The topological polar surface area (TPSA) is 9.23 Å². The monoisotopic (exact) mass is 228 g/mol. The minimum absolute atomic E-state index is 0.643. The van der Waals surface area contributed by atoms with Crippen LogP contribution in [0.15, 0.2) is 0 Å². The van der Waals surface area contributed by atoms with Crippen LogP contribution in [-0.4, -0.2) is 27.8 Å². The summed E-state index contributed by atoms with van der Waals surface area (Å²) >= 11 is 4.58. The molecule has 1 spiro atoms. The van der Waals surface area contributed by atoms with E-state index >= 15 is 0 Å². The largest absolute Gasteiger partial charge is 0.375 e. The average Bonchev–Trinajstić information content (AvgIpc) is 2.63. The van der Waals surface area contributed by atoms with Crippen molar-refractivity contribution in [3.8, 4) is 0 Å². The molecule has 0 aromatic carbocycles. The number of ether oxygens (including phenoxy) is 1. The minimum Gasteiger partial charge on any atom is -0.375 e. The van der Waals surface area contributed by atoms with Gasteiger partial charge in [0.15, 0.2) is 0 Å². The molecule has 0 aromatic heterocycles. The molecule has 2 saturated carbocycles. The molecule has 5 aliphatic rings. The van der Waals surface area contributed by atoms with Gasteiger partial charge in [-0.25, -0.2) is 0 Å². The number of rotatable bonds is 0. The molecule has 3 saturated heterocycles. The fourth-order valence-corrected chi connectivity index (χ4v) is 7.91. The van der Waals surface area contributed by atoms with Crippen LogP contribution in [0.25, 0.3) is 0 Å². The first kappa shape index (κ1) is 8.77. The molecule has 0 amide bonds. The van der Waals surface area contributed by atoms with Crippen molar-refractivity contribution in [2.24, 2.45) is 11.8 Å². The summed E-state index contributed by atoms with van der Waals surface area (Å²) in [6, 6.07) is 0. The summed E-state index contributed by atoms with van der Waals surface area (Å²) in [5, 5.41) is 0. The fraction of sp³-hybridized carbons (Fsp3) is 1.00. The van der Waals surface area contributed by atoms with Crippen LogP contribution in [0.4, 0.5) is 0 Å². The van der Waals surface area contributed by atoms with E-state index in [1.807, 2.05) is 0 Å². The molecule has 0 atom stereocenters. The van der Waals surface area contributed by atoms with E-state index in [-0.39, 0.29) is 0 Å². The Morgan fingerprint density at radius 1 is 0.857 bits per heavy atom. The number of hydrogen-bond donors (Lipinski definition) is 0. The third-order valence-electron chi connectivity index (χ3n) is 4.45. The van der Waals surface area contributed by atoms with Crippen LogP contribution in [-0.2, 0) is 4.74 Å². The molecule has 3 heteroatoms. The third kappa shape index (κ3) is 0.992. The minimum atomic E-state index is 0.643. The number of hydrogen-bond acceptors (Lipinski definition) is 3. The van der Waals surface area contributed by atoms with Crippen molar-refractivity contribution in [1.82, 2.24) is 0 Å². The van der Waals surface area contributed by atoms with Gasteiger partial charge in [0, 0.05) is 11.5 Å². The van der Waals surface area contributed by atoms with Gasteiger partial charge >= 0.3 is 0 Å². The zero-order valence-electron chi connectivity index (χ0n) is 8.28. The second-order valence-corrected chi connectivity index (χ2v) is 8.14. The van der Waals surface area contributed by atoms with Crippen LogP contribution in [0.2, 0.25) is 0 Å². The van der Waals surface area contributed by atoms with Crippen molar-refractivity contribution in [3.05, 3.63) is 0 Å². The quantitative estimate of drug-likeness (QED) is 0.631. The van der Waals surface area contributed by atoms with Gasteiger partial charge in [-0.2, -0.15) is 0 Å². The maximum absolute atomic E-state index is 6.01. The van der Waals surface area contributed by atoms with Gasteiger partial charge < -0.3 is 4.74 Å². The van der Waals surface area contributed by atoms with Crippen LogP contribution < -0.4 is 0 Å². The SMILES string of the molecule is C1CSC2(S1)C1CC3CC2CC(C1)O3. The second-order valence-electron chi connectivity index (χ2n) is 5.14. The van der Waals surface area contributed by atoms with Gasteiger partial charge in [-0.15, -0.1) is 23.5 Å². The van der Waals surface area contributed by atoms with Crippen molar-refractivity contribution >= 4 is 23.5 Å². The number of thioether (sulfide) groups is 2. The summed E-state index contributed by atoms with van der Waals surface area (Å²) in [5.74, 6) is 4.76. The van der Waals surface area contributed by atoms with Crippen LogP contribution in [0.3, 0.4) is 0 Å². The molecular formula is C11H16OS2. The molecule has 78 valence electrons. The van der Waals surface area contributed by atoms with Crippen LogP contribution in [0, 0.1) is 11.8 Å². The maximum atomic E-state index is 6.01. The normalized spacial score (nSPS) is 53.1. The molecule has 0 N–H and O–H groups in total. The zero-order chi connectivity index (χ0) is 9.17. The molecule has 0 aromatic rings. The highest BCUT2D eigenvalue weighted by atomic mass is 32.2. The summed E-state index contributed by atoms with van der Waals surface area (Å²) in [4.78, 5) is 0. The summed E-state index contributed by atoms with van der Waals surface area (Å²) in [6.07, 6.45) is 6.76. The lowest BCUT2D eigenvalue weighted by Gasteiger charge is -2.58. The molecule has 1 nitrogen and oxygen atoms in total.